The van der Waals surface area contributed by atoms with Gasteiger partial charge in [0.15, 0.2) is 5.52 Å². The van der Waals surface area contributed by atoms with Crippen LogP contribution in [0.4, 0.5) is 13.2 Å². The quantitative estimate of drug-likeness (QED) is 0.719. The van der Waals surface area contributed by atoms with E-state index in [1.165, 1.54) is 12.1 Å². The van der Waals surface area contributed by atoms with E-state index in [4.69, 9.17) is 0 Å². The highest BCUT2D eigenvalue weighted by Crippen LogP contribution is 2.23. The molecule has 2 nitrogen and oxygen atoms in total. The molecule has 0 saturated heterocycles. The third-order valence-electron chi connectivity index (χ3n) is 1.37. The Bertz CT molecular complexity index is 331. The van der Waals surface area contributed by atoms with Crippen molar-refractivity contribution < 1.29 is 22.7 Å². The first-order chi connectivity index (χ1) is 6.38. The second-order valence-corrected chi connectivity index (χ2v) is 2.96. The van der Waals surface area contributed by atoms with Crippen LogP contribution in [-0.4, -0.2) is 11.9 Å². The predicted molar refractivity (Wildman–Crippen MR) is 47.2 cm³/mol. The van der Waals surface area contributed by atoms with Gasteiger partial charge >= 0.3 is 6.36 Å². The van der Waals surface area contributed by atoms with E-state index in [0.29, 0.717) is 5.56 Å². The van der Waals surface area contributed by atoms with E-state index in [0.717, 1.165) is 12.1 Å². The highest BCUT2D eigenvalue weighted by atomic mass is 31.0. The third kappa shape index (κ3) is 3.34. The van der Waals surface area contributed by atoms with Gasteiger partial charge in [-0.15, -0.1) is 13.2 Å². The zero-order chi connectivity index (χ0) is 10.8. The molecule has 0 spiro atoms. The van der Waals surface area contributed by atoms with Crippen molar-refractivity contribution in [1.29, 1.82) is 0 Å². The predicted octanol–water partition coefficient (Wildman–Crippen LogP) is 2.60. The van der Waals surface area contributed by atoms with Gasteiger partial charge < -0.3 is 4.74 Å². The fourth-order valence-corrected chi connectivity index (χ4v) is 1.01. The molecule has 0 aliphatic carbocycles. The van der Waals surface area contributed by atoms with E-state index in [1.54, 1.807) is 0 Å². The van der Waals surface area contributed by atoms with Crippen molar-refractivity contribution in [3.63, 3.8) is 0 Å². The number of ether oxygens (including phenoxy) is 1. The molecule has 1 atom stereocenters. The lowest BCUT2D eigenvalue weighted by Gasteiger charge is -2.08. The summed E-state index contributed by atoms with van der Waals surface area (Å²) in [5, 5.41) is 0. The van der Waals surface area contributed by atoms with Crippen LogP contribution in [0.2, 0.25) is 0 Å². The Balaban J connectivity index is 2.79. The Kier molecular flexibility index (Phi) is 3.11. The Labute approximate surface area is 80.3 Å². The number of benzene rings is 1. The highest BCUT2D eigenvalue weighted by molar-refractivity contribution is 7.41. The van der Waals surface area contributed by atoms with Crippen LogP contribution in [0.1, 0.15) is 10.4 Å². The van der Waals surface area contributed by atoms with Crippen LogP contribution in [0, 0.1) is 0 Å². The van der Waals surface area contributed by atoms with Crippen LogP contribution in [0.25, 0.3) is 0 Å². The molecule has 0 aliphatic heterocycles. The number of alkyl halides is 3. The lowest BCUT2D eigenvalue weighted by Crippen LogP contribution is -2.17. The van der Waals surface area contributed by atoms with Gasteiger partial charge in [-0.05, 0) is 24.3 Å². The summed E-state index contributed by atoms with van der Waals surface area (Å²) in [6.07, 6.45) is -4.70. The first-order valence-electron chi connectivity index (χ1n) is 3.54. The molecule has 0 aliphatic rings. The van der Waals surface area contributed by atoms with Gasteiger partial charge in [-0.2, -0.15) is 0 Å². The molecular formula is C8H6F3O2P. The van der Waals surface area contributed by atoms with Crippen molar-refractivity contribution in [2.45, 2.75) is 6.36 Å². The van der Waals surface area contributed by atoms with Crippen molar-refractivity contribution in [3.05, 3.63) is 29.8 Å². The first kappa shape index (κ1) is 11.0. The zero-order valence-corrected chi connectivity index (χ0v) is 7.99. The molecule has 1 rings (SSSR count). The Morgan fingerprint density at radius 2 is 1.71 bits per heavy atom. The van der Waals surface area contributed by atoms with Gasteiger partial charge in [0, 0.05) is 5.56 Å². The molecule has 0 aromatic heterocycles. The zero-order valence-electron chi connectivity index (χ0n) is 6.84. The molecule has 1 aromatic carbocycles. The molecular weight excluding hydrogens is 216 g/mol. The van der Waals surface area contributed by atoms with Crippen molar-refractivity contribution in [2.75, 3.05) is 0 Å². The highest BCUT2D eigenvalue weighted by Gasteiger charge is 2.30. The second kappa shape index (κ2) is 3.96. The molecule has 1 unspecified atom stereocenters. The molecule has 6 heteroatoms. The average molecular weight is 222 g/mol. The summed E-state index contributed by atoms with van der Waals surface area (Å²) in [6.45, 7) is 0. The minimum Gasteiger partial charge on any atom is -0.406 e. The molecule has 0 radical (unpaired) electrons. The molecule has 76 valence electrons. The molecule has 0 N–H and O–H groups in total. The molecule has 0 heterocycles. The van der Waals surface area contributed by atoms with Gasteiger partial charge in [0.05, 0.1) is 0 Å². The van der Waals surface area contributed by atoms with Crippen LogP contribution in [-0.2, 0) is 0 Å². The largest absolute Gasteiger partial charge is 0.573 e. The second-order valence-electron chi connectivity index (χ2n) is 2.44. The number of carbonyl (C=O) groups excluding carboxylic acids is 1. The fourth-order valence-electron chi connectivity index (χ4n) is 0.821. The standard InChI is InChI=1S/C8H6F3O2P/c9-8(10,11)13-6-3-1-5(2-4-6)7(12)14/h1-4H,14H2. The topological polar surface area (TPSA) is 26.3 Å². The average Bonchev–Trinajstić information content (AvgIpc) is 2.02. The Hall–Kier alpha value is -1.09. The van der Waals surface area contributed by atoms with Gasteiger partial charge in [0.2, 0.25) is 0 Å². The van der Waals surface area contributed by atoms with Gasteiger partial charge in [-0.25, -0.2) is 0 Å². The van der Waals surface area contributed by atoms with Crippen molar-refractivity contribution in [1.82, 2.24) is 0 Å². The minimum atomic E-state index is -4.70. The summed E-state index contributed by atoms with van der Waals surface area (Å²) in [5.74, 6) is -0.340. The van der Waals surface area contributed by atoms with Crippen LogP contribution < -0.4 is 4.74 Å². The summed E-state index contributed by atoms with van der Waals surface area (Å²) in [4.78, 5) is 10.7. The maximum atomic E-state index is 11.7. The Morgan fingerprint density at radius 1 is 1.21 bits per heavy atom. The van der Waals surface area contributed by atoms with E-state index in [9.17, 15) is 18.0 Å². The molecule has 0 fully saturated rings. The smallest absolute Gasteiger partial charge is 0.406 e. The lowest BCUT2D eigenvalue weighted by molar-refractivity contribution is -0.274. The van der Waals surface area contributed by atoms with E-state index >= 15 is 0 Å². The summed E-state index contributed by atoms with van der Waals surface area (Å²) in [7, 11) is 1.93. The SMILES string of the molecule is O=C(P)c1ccc(OC(F)(F)F)cc1. The molecule has 1 aromatic rings. The monoisotopic (exact) mass is 222 g/mol. The van der Waals surface area contributed by atoms with Crippen molar-refractivity contribution in [3.8, 4) is 5.75 Å². The maximum Gasteiger partial charge on any atom is 0.573 e. The van der Waals surface area contributed by atoms with Crippen LogP contribution in [0.3, 0.4) is 0 Å². The van der Waals surface area contributed by atoms with E-state index < -0.39 is 6.36 Å². The Morgan fingerprint density at radius 3 is 2.07 bits per heavy atom. The van der Waals surface area contributed by atoms with Gasteiger partial charge in [0.25, 0.3) is 0 Å². The number of carbonyl (C=O) groups is 1. The fraction of sp³-hybridized carbons (Fsp3) is 0.125. The van der Waals surface area contributed by atoms with Gasteiger partial charge in [-0.1, -0.05) is 9.24 Å². The van der Waals surface area contributed by atoms with Crippen molar-refractivity contribution >= 4 is 14.8 Å². The number of halogens is 3. The number of hydrogen-bond donors (Lipinski definition) is 0. The van der Waals surface area contributed by atoms with Gasteiger partial charge in [0.1, 0.15) is 5.75 Å². The number of rotatable bonds is 2. The minimum absolute atomic E-state index is 0.288. The molecule has 0 saturated carbocycles. The van der Waals surface area contributed by atoms with Gasteiger partial charge in [-0.3, -0.25) is 4.79 Å². The first-order valence-corrected chi connectivity index (χ1v) is 4.12. The van der Waals surface area contributed by atoms with Crippen molar-refractivity contribution in [2.24, 2.45) is 0 Å². The summed E-state index contributed by atoms with van der Waals surface area (Å²) in [5.41, 5.74) is 0.0214. The van der Waals surface area contributed by atoms with E-state index in [1.807, 2.05) is 9.24 Å². The lowest BCUT2D eigenvalue weighted by atomic mass is 10.2. The van der Waals surface area contributed by atoms with Crippen LogP contribution in [0.15, 0.2) is 24.3 Å². The van der Waals surface area contributed by atoms with E-state index in [-0.39, 0.29) is 11.3 Å². The molecule has 14 heavy (non-hydrogen) atoms. The van der Waals surface area contributed by atoms with Crippen LogP contribution in [0.5, 0.6) is 5.75 Å². The maximum absolute atomic E-state index is 11.7. The summed E-state index contributed by atoms with van der Waals surface area (Å²) >= 11 is 0. The molecule has 0 bridgehead atoms. The number of hydrogen-bond acceptors (Lipinski definition) is 2. The normalized spacial score (nSPS) is 11.1. The summed E-state index contributed by atoms with van der Waals surface area (Å²) in [6, 6.07) is 4.70. The third-order valence-corrected chi connectivity index (χ3v) is 1.71. The van der Waals surface area contributed by atoms with Crippen LogP contribution >= 0.6 is 9.24 Å². The summed E-state index contributed by atoms with van der Waals surface area (Å²) < 4.78 is 38.7. The van der Waals surface area contributed by atoms with E-state index in [2.05, 4.69) is 4.74 Å². The molecule has 0 amide bonds.